The largest absolute Gasteiger partial charge is 0.456 e. The van der Waals surface area contributed by atoms with Gasteiger partial charge in [0.25, 0.3) is 0 Å². The summed E-state index contributed by atoms with van der Waals surface area (Å²) < 4.78 is 8.39. The zero-order chi connectivity index (χ0) is 16.9. The van der Waals surface area contributed by atoms with Crippen LogP contribution in [0.2, 0.25) is 0 Å². The number of benzene rings is 2. The molecule has 0 bridgehead atoms. The van der Waals surface area contributed by atoms with Crippen LogP contribution in [0.5, 0.6) is 0 Å². The lowest BCUT2D eigenvalue weighted by molar-refractivity contribution is 0.615. The van der Waals surface area contributed by atoms with Crippen LogP contribution >= 0.6 is 0 Å². The summed E-state index contributed by atoms with van der Waals surface area (Å²) in [6.07, 6.45) is 0. The minimum absolute atomic E-state index is 0.942. The Morgan fingerprint density at radius 2 is 1.61 bits per heavy atom. The Morgan fingerprint density at radius 1 is 0.913 bits per heavy atom. The third-order valence-electron chi connectivity index (χ3n) is 4.59. The summed E-state index contributed by atoms with van der Waals surface area (Å²) >= 11 is 0. The van der Waals surface area contributed by atoms with Gasteiger partial charge in [-0.1, -0.05) is 0 Å². The van der Waals surface area contributed by atoms with Crippen LogP contribution in [-0.4, -0.2) is 28.2 Å². The second kappa shape index (κ2) is 5.41. The molecule has 120 valence electrons. The summed E-state index contributed by atoms with van der Waals surface area (Å²) in [7, 11) is 8.26. The lowest BCUT2D eigenvalue weighted by Gasteiger charge is -2.18. The van der Waals surface area contributed by atoms with Crippen molar-refractivity contribution in [1.82, 2.24) is 4.58 Å². The van der Waals surface area contributed by atoms with Crippen LogP contribution in [0.1, 0.15) is 16.7 Å². The molecule has 2 aliphatic rings. The van der Waals surface area contributed by atoms with Crippen molar-refractivity contribution in [2.75, 3.05) is 33.1 Å². The number of hydrogen-bond acceptors (Lipinski definition) is 2. The van der Waals surface area contributed by atoms with Crippen molar-refractivity contribution in [3.05, 3.63) is 46.3 Å². The van der Waals surface area contributed by atoms with E-state index in [1.54, 1.807) is 0 Å². The average Bonchev–Trinajstić information content (AvgIpc) is 2.47. The second-order valence-corrected chi connectivity index (χ2v) is 6.79. The minimum atomic E-state index is 0.942. The van der Waals surface area contributed by atoms with Crippen LogP contribution in [0.4, 0.5) is 5.69 Å². The van der Waals surface area contributed by atoms with Gasteiger partial charge in [0.1, 0.15) is 25.4 Å². The van der Waals surface area contributed by atoms with E-state index in [2.05, 4.69) is 82.7 Å². The van der Waals surface area contributed by atoms with Gasteiger partial charge in [0.15, 0.2) is 0 Å². The molecule has 0 amide bonds. The van der Waals surface area contributed by atoms with E-state index in [4.69, 9.17) is 4.42 Å². The summed E-state index contributed by atoms with van der Waals surface area (Å²) in [5.41, 5.74) is 7.14. The molecule has 0 spiro atoms. The molecular formula is C20H25N2O+. The van der Waals surface area contributed by atoms with E-state index in [1.807, 2.05) is 0 Å². The molecule has 0 saturated carbocycles. The zero-order valence-corrected chi connectivity index (χ0v) is 15.1. The van der Waals surface area contributed by atoms with E-state index < -0.39 is 0 Å². The molecule has 23 heavy (non-hydrogen) atoms. The number of anilines is 1. The molecule has 3 heteroatoms. The minimum Gasteiger partial charge on any atom is -0.456 e. The smallest absolute Gasteiger partial charge is 0.206 e. The molecule has 1 heterocycles. The predicted octanol–water partition coefficient (Wildman–Crippen LogP) is 3.56. The molecule has 0 unspecified atom stereocenters. The number of hydrogen-bond donors (Lipinski definition) is 0. The first-order chi connectivity index (χ1) is 10.8. The van der Waals surface area contributed by atoms with Crippen LogP contribution in [0.15, 0.2) is 28.7 Å². The number of fused-ring (bicyclic) bond motifs is 2. The third-order valence-corrected chi connectivity index (χ3v) is 4.59. The van der Waals surface area contributed by atoms with Gasteiger partial charge in [-0.3, -0.25) is 0 Å². The number of rotatable bonds is 1. The molecule has 0 saturated heterocycles. The highest BCUT2D eigenvalue weighted by atomic mass is 16.3. The van der Waals surface area contributed by atoms with Gasteiger partial charge >= 0.3 is 0 Å². The normalized spacial score (nSPS) is 11.3. The zero-order valence-electron chi connectivity index (χ0n) is 15.1. The molecule has 3 nitrogen and oxygen atoms in total. The van der Waals surface area contributed by atoms with Gasteiger partial charge in [-0.05, 0) is 44.0 Å². The molecular weight excluding hydrogens is 284 g/mol. The van der Waals surface area contributed by atoms with Gasteiger partial charge in [-0.25, -0.2) is 4.58 Å². The van der Waals surface area contributed by atoms with Crippen molar-refractivity contribution in [1.29, 1.82) is 0 Å². The SMILES string of the molecule is Cc1cc2c(C)c3cc(C)c(=[N+](C)C)cc-3oc2cc1N(C)C. The Bertz CT molecular complexity index is 944. The maximum Gasteiger partial charge on any atom is 0.206 e. The first-order valence-corrected chi connectivity index (χ1v) is 7.95. The summed E-state index contributed by atoms with van der Waals surface area (Å²) in [4.78, 5) is 2.13. The predicted molar refractivity (Wildman–Crippen MR) is 98.5 cm³/mol. The van der Waals surface area contributed by atoms with E-state index >= 15 is 0 Å². The first-order valence-electron chi connectivity index (χ1n) is 7.95. The van der Waals surface area contributed by atoms with Crippen LogP contribution in [0.3, 0.4) is 0 Å². The van der Waals surface area contributed by atoms with Gasteiger partial charge in [0.05, 0.1) is 6.07 Å². The third kappa shape index (κ3) is 2.50. The topological polar surface area (TPSA) is 19.4 Å². The van der Waals surface area contributed by atoms with Crippen LogP contribution in [0.25, 0.3) is 22.3 Å². The fraction of sp³-hybridized carbons (Fsp3) is 0.350. The fourth-order valence-corrected chi connectivity index (χ4v) is 3.34. The molecule has 3 rings (SSSR count). The number of aryl methyl sites for hydroxylation is 3. The lowest BCUT2D eigenvalue weighted by atomic mass is 9.97. The highest BCUT2D eigenvalue weighted by molar-refractivity contribution is 5.90. The van der Waals surface area contributed by atoms with Crippen LogP contribution in [-0.2, 0) is 0 Å². The maximum atomic E-state index is 6.27. The summed E-state index contributed by atoms with van der Waals surface area (Å²) in [5, 5.41) is 2.39. The summed E-state index contributed by atoms with van der Waals surface area (Å²) in [6, 6.07) is 8.76. The molecule has 1 aromatic carbocycles. The van der Waals surface area contributed by atoms with Gasteiger partial charge < -0.3 is 9.32 Å². The molecule has 0 aromatic heterocycles. The van der Waals surface area contributed by atoms with Crippen molar-refractivity contribution in [2.45, 2.75) is 20.8 Å². The summed E-state index contributed by atoms with van der Waals surface area (Å²) in [6.45, 7) is 6.49. The van der Waals surface area contributed by atoms with Crippen molar-refractivity contribution in [3.63, 3.8) is 0 Å². The summed E-state index contributed by atoms with van der Waals surface area (Å²) in [5.74, 6) is 0.942. The molecule has 0 radical (unpaired) electrons. The molecule has 1 aliphatic carbocycles. The Labute approximate surface area is 137 Å². The van der Waals surface area contributed by atoms with Crippen molar-refractivity contribution >= 4 is 16.7 Å². The molecule has 0 fully saturated rings. The molecule has 1 aromatic rings. The van der Waals surface area contributed by atoms with Crippen molar-refractivity contribution < 1.29 is 4.42 Å². The van der Waals surface area contributed by atoms with Crippen LogP contribution < -0.4 is 14.8 Å². The average molecular weight is 309 g/mol. The van der Waals surface area contributed by atoms with E-state index in [0.29, 0.717) is 0 Å². The van der Waals surface area contributed by atoms with Gasteiger partial charge in [-0.15, -0.1) is 0 Å². The van der Waals surface area contributed by atoms with Gasteiger partial charge in [-0.2, -0.15) is 0 Å². The second-order valence-electron chi connectivity index (χ2n) is 6.79. The molecule has 1 aliphatic heterocycles. The van der Waals surface area contributed by atoms with Crippen molar-refractivity contribution in [3.8, 4) is 11.3 Å². The standard InChI is InChI=1S/C20H25N2O/c1-12-8-15-14(3)16-9-13(2)18(22(6)7)11-20(16)23-19(15)10-17(12)21(4)5/h8-11H,1-7H3/q+1. The van der Waals surface area contributed by atoms with E-state index in [-0.39, 0.29) is 0 Å². The monoisotopic (exact) mass is 309 g/mol. The van der Waals surface area contributed by atoms with E-state index in [9.17, 15) is 0 Å². The highest BCUT2D eigenvalue weighted by Gasteiger charge is 2.17. The Kier molecular flexibility index (Phi) is 3.67. The number of nitrogens with zero attached hydrogens (tertiary/aromatic N) is 2. The first kappa shape index (κ1) is 15.6. The Balaban J connectivity index is 2.46. The lowest BCUT2D eigenvalue weighted by Crippen LogP contribution is -2.24. The van der Waals surface area contributed by atoms with Gasteiger partial charge in [0.2, 0.25) is 5.36 Å². The highest BCUT2D eigenvalue weighted by Crippen LogP contribution is 2.35. The Morgan fingerprint density at radius 3 is 2.22 bits per heavy atom. The van der Waals surface area contributed by atoms with E-state index in [0.717, 1.165) is 11.3 Å². The fourth-order valence-electron chi connectivity index (χ4n) is 3.34. The molecule has 0 atom stereocenters. The Hall–Kier alpha value is -2.29. The van der Waals surface area contributed by atoms with Crippen molar-refractivity contribution in [2.24, 2.45) is 0 Å². The maximum absolute atomic E-state index is 6.27. The van der Waals surface area contributed by atoms with Crippen LogP contribution in [0, 0.1) is 20.8 Å². The van der Waals surface area contributed by atoms with E-state index in [1.165, 1.54) is 38.7 Å². The van der Waals surface area contributed by atoms with Gasteiger partial charge in [0, 0.05) is 42.4 Å². The quantitative estimate of drug-likeness (QED) is 0.506. The molecule has 0 N–H and O–H groups in total.